The molecule has 120 valence electrons. The molecule has 2 aromatic rings. The number of amides is 1. The number of fused-ring (bicyclic) bond motifs is 1. The smallest absolute Gasteiger partial charge is 0.255 e. The number of pyridine rings is 1. The third kappa shape index (κ3) is 2.89. The van der Waals surface area contributed by atoms with E-state index < -0.39 is 0 Å². The Kier molecular flexibility index (Phi) is 4.11. The van der Waals surface area contributed by atoms with E-state index in [1.54, 1.807) is 17.5 Å². The maximum absolute atomic E-state index is 12.7. The number of carbonyl (C=O) groups excluding carboxylic acids is 1. The van der Waals surface area contributed by atoms with E-state index in [-0.39, 0.29) is 24.0 Å². The minimum absolute atomic E-state index is 0.00657. The van der Waals surface area contributed by atoms with Crippen LogP contribution < -0.4 is 0 Å². The Morgan fingerprint density at radius 1 is 1.39 bits per heavy atom. The summed E-state index contributed by atoms with van der Waals surface area (Å²) in [5, 5.41) is 3.83. The fraction of sp³-hybridized carbons (Fsp3) is 0.412. The highest BCUT2D eigenvalue weighted by Gasteiger charge is 2.48. The topological polar surface area (TPSA) is 51.7 Å². The zero-order valence-electron chi connectivity index (χ0n) is 12.6. The first-order chi connectivity index (χ1) is 11.3. The maximum Gasteiger partial charge on any atom is 0.255 e. The molecule has 2 saturated heterocycles. The summed E-state index contributed by atoms with van der Waals surface area (Å²) < 4.78 is 11.7. The van der Waals surface area contributed by atoms with Gasteiger partial charge in [0.1, 0.15) is 0 Å². The van der Waals surface area contributed by atoms with Crippen molar-refractivity contribution in [1.29, 1.82) is 0 Å². The summed E-state index contributed by atoms with van der Waals surface area (Å²) in [4.78, 5) is 18.9. The summed E-state index contributed by atoms with van der Waals surface area (Å²) in [6.45, 7) is 2.35. The van der Waals surface area contributed by atoms with E-state index in [1.165, 1.54) is 0 Å². The summed E-state index contributed by atoms with van der Waals surface area (Å²) in [6, 6.07) is 7.79. The highest BCUT2D eigenvalue weighted by Crippen LogP contribution is 2.33. The highest BCUT2D eigenvalue weighted by atomic mass is 32.1. The van der Waals surface area contributed by atoms with E-state index in [4.69, 9.17) is 9.47 Å². The first-order valence-corrected chi connectivity index (χ1v) is 8.69. The van der Waals surface area contributed by atoms with Gasteiger partial charge in [-0.05, 0) is 23.6 Å². The molecule has 6 heteroatoms. The van der Waals surface area contributed by atoms with Crippen LogP contribution in [0.3, 0.4) is 0 Å². The Balaban J connectivity index is 1.46. The average Bonchev–Trinajstić information content (AvgIpc) is 3.31. The van der Waals surface area contributed by atoms with E-state index in [0.717, 1.165) is 11.3 Å². The van der Waals surface area contributed by atoms with Crippen LogP contribution in [0.4, 0.5) is 0 Å². The van der Waals surface area contributed by atoms with Gasteiger partial charge in [0.2, 0.25) is 0 Å². The van der Waals surface area contributed by atoms with E-state index in [0.29, 0.717) is 26.4 Å². The molecule has 0 aromatic carbocycles. The number of nitrogens with zero attached hydrogens (tertiary/aromatic N) is 2. The number of carbonyl (C=O) groups is 1. The lowest BCUT2D eigenvalue weighted by atomic mass is 10.0. The number of hydrogen-bond acceptors (Lipinski definition) is 5. The van der Waals surface area contributed by atoms with Gasteiger partial charge in [-0.1, -0.05) is 6.07 Å². The van der Waals surface area contributed by atoms with E-state index in [2.05, 4.69) is 4.98 Å². The lowest BCUT2D eigenvalue weighted by Crippen LogP contribution is -2.37. The molecule has 4 rings (SSSR count). The van der Waals surface area contributed by atoms with Crippen molar-refractivity contribution in [3.63, 3.8) is 0 Å². The summed E-state index contributed by atoms with van der Waals surface area (Å²) in [5.74, 6) is 0.331. The van der Waals surface area contributed by atoms with Gasteiger partial charge in [0, 0.05) is 24.0 Å². The van der Waals surface area contributed by atoms with Gasteiger partial charge in [-0.2, -0.15) is 11.3 Å². The zero-order chi connectivity index (χ0) is 15.6. The van der Waals surface area contributed by atoms with Crippen LogP contribution in [0.15, 0.2) is 41.2 Å². The van der Waals surface area contributed by atoms with Crippen molar-refractivity contribution in [3.05, 3.63) is 52.5 Å². The fourth-order valence-corrected chi connectivity index (χ4v) is 3.97. The van der Waals surface area contributed by atoms with Gasteiger partial charge in [0.25, 0.3) is 5.91 Å². The Labute approximate surface area is 138 Å². The third-order valence-corrected chi connectivity index (χ3v) is 5.23. The first-order valence-electron chi connectivity index (χ1n) is 7.75. The number of likely N-dealkylation sites (tertiary alicyclic amines) is 1. The maximum atomic E-state index is 12.7. The molecule has 3 atom stereocenters. The van der Waals surface area contributed by atoms with Crippen molar-refractivity contribution < 1.29 is 14.3 Å². The van der Waals surface area contributed by atoms with Crippen LogP contribution in [0.5, 0.6) is 0 Å². The average molecular weight is 330 g/mol. The molecule has 0 N–H and O–H groups in total. The van der Waals surface area contributed by atoms with Crippen LogP contribution >= 0.6 is 11.3 Å². The predicted molar refractivity (Wildman–Crippen MR) is 86.3 cm³/mol. The molecule has 1 amide bonds. The van der Waals surface area contributed by atoms with Crippen molar-refractivity contribution in [2.45, 2.75) is 18.8 Å². The van der Waals surface area contributed by atoms with Crippen LogP contribution in [-0.2, 0) is 16.1 Å². The molecule has 23 heavy (non-hydrogen) atoms. The normalized spacial score (nSPS) is 26.4. The van der Waals surface area contributed by atoms with Gasteiger partial charge in [0.15, 0.2) is 0 Å². The van der Waals surface area contributed by atoms with Crippen molar-refractivity contribution in [1.82, 2.24) is 9.88 Å². The van der Waals surface area contributed by atoms with E-state index >= 15 is 0 Å². The van der Waals surface area contributed by atoms with E-state index in [1.807, 2.05) is 39.9 Å². The van der Waals surface area contributed by atoms with Crippen LogP contribution in [0, 0.1) is 5.92 Å². The standard InChI is InChI=1S/C17H18N2O3S/c20-17(12-4-6-23-11-12)19-7-16(14-9-21-10-15(14)19)22-8-13-3-1-2-5-18-13/h1-6,11,14-16H,7-10H2/t14-,15+,16-/m0/s1. The highest BCUT2D eigenvalue weighted by molar-refractivity contribution is 7.08. The third-order valence-electron chi connectivity index (χ3n) is 4.55. The van der Waals surface area contributed by atoms with Gasteiger partial charge in [0.05, 0.1) is 43.2 Å². The second-order valence-electron chi connectivity index (χ2n) is 5.91. The van der Waals surface area contributed by atoms with Crippen molar-refractivity contribution >= 4 is 17.2 Å². The van der Waals surface area contributed by atoms with Gasteiger partial charge < -0.3 is 14.4 Å². The number of hydrogen-bond donors (Lipinski definition) is 0. The lowest BCUT2D eigenvalue weighted by Gasteiger charge is -2.21. The Bertz CT molecular complexity index is 662. The van der Waals surface area contributed by atoms with Gasteiger partial charge in [-0.15, -0.1) is 0 Å². The molecule has 0 unspecified atom stereocenters. The van der Waals surface area contributed by atoms with Crippen LogP contribution in [0.1, 0.15) is 16.1 Å². The summed E-state index contributed by atoms with van der Waals surface area (Å²) in [6.07, 6.45) is 1.77. The number of aromatic nitrogens is 1. The molecule has 5 nitrogen and oxygen atoms in total. The van der Waals surface area contributed by atoms with Crippen LogP contribution in [-0.4, -0.2) is 47.7 Å². The van der Waals surface area contributed by atoms with Crippen molar-refractivity contribution in [2.75, 3.05) is 19.8 Å². The molecular formula is C17H18N2O3S. The second kappa shape index (κ2) is 6.39. The van der Waals surface area contributed by atoms with Gasteiger partial charge >= 0.3 is 0 Å². The molecule has 2 aliphatic rings. The lowest BCUT2D eigenvalue weighted by molar-refractivity contribution is 0.00801. The van der Waals surface area contributed by atoms with Gasteiger partial charge in [-0.3, -0.25) is 9.78 Å². The monoisotopic (exact) mass is 330 g/mol. The fourth-order valence-electron chi connectivity index (χ4n) is 3.34. The molecule has 0 aliphatic carbocycles. The molecule has 0 saturated carbocycles. The van der Waals surface area contributed by atoms with Crippen molar-refractivity contribution in [3.8, 4) is 0 Å². The summed E-state index contributed by atoms with van der Waals surface area (Å²) >= 11 is 1.54. The molecule has 2 aliphatic heterocycles. The van der Waals surface area contributed by atoms with Gasteiger partial charge in [-0.25, -0.2) is 0 Å². The molecule has 0 bridgehead atoms. The summed E-state index contributed by atoms with van der Waals surface area (Å²) in [5.41, 5.74) is 1.66. The Morgan fingerprint density at radius 2 is 2.35 bits per heavy atom. The molecule has 0 spiro atoms. The molecular weight excluding hydrogens is 312 g/mol. The number of ether oxygens (including phenoxy) is 2. The van der Waals surface area contributed by atoms with Crippen LogP contribution in [0.2, 0.25) is 0 Å². The molecule has 4 heterocycles. The molecule has 2 aromatic heterocycles. The molecule has 2 fully saturated rings. The SMILES string of the molecule is O=C(c1ccsc1)N1C[C@H](OCc2ccccn2)[C@H]2COC[C@H]21. The minimum atomic E-state index is 0.00657. The zero-order valence-corrected chi connectivity index (χ0v) is 13.4. The van der Waals surface area contributed by atoms with Crippen LogP contribution in [0.25, 0.3) is 0 Å². The largest absolute Gasteiger partial charge is 0.379 e. The minimum Gasteiger partial charge on any atom is -0.379 e. The quantitative estimate of drug-likeness (QED) is 0.862. The Hall–Kier alpha value is -1.76. The number of thiophene rings is 1. The number of rotatable bonds is 4. The predicted octanol–water partition coefficient (Wildman–Crippen LogP) is 2.20. The Morgan fingerprint density at radius 3 is 3.13 bits per heavy atom. The van der Waals surface area contributed by atoms with Crippen molar-refractivity contribution in [2.24, 2.45) is 5.92 Å². The second-order valence-corrected chi connectivity index (χ2v) is 6.69. The van der Waals surface area contributed by atoms with E-state index in [9.17, 15) is 4.79 Å². The summed E-state index contributed by atoms with van der Waals surface area (Å²) in [7, 11) is 0. The molecule has 0 radical (unpaired) electrons. The first kappa shape index (κ1) is 14.8.